The Balaban J connectivity index is 2.52. The summed E-state index contributed by atoms with van der Waals surface area (Å²) in [6.07, 6.45) is 2.11. The topological polar surface area (TPSA) is 12.0 Å². The van der Waals surface area contributed by atoms with E-state index >= 15 is 0 Å². The van der Waals surface area contributed by atoms with Crippen molar-refractivity contribution in [2.75, 3.05) is 12.8 Å². The maximum Gasteiger partial charge on any atom is 0.0291 e. The summed E-state index contributed by atoms with van der Waals surface area (Å²) in [6, 6.07) is 9.28. The van der Waals surface area contributed by atoms with Gasteiger partial charge in [-0.1, -0.05) is 39.8 Å². The van der Waals surface area contributed by atoms with E-state index < -0.39 is 0 Å². The number of benzene rings is 1. The van der Waals surface area contributed by atoms with Gasteiger partial charge in [0, 0.05) is 10.9 Å². The molecule has 0 aliphatic carbocycles. The van der Waals surface area contributed by atoms with E-state index in [0.29, 0.717) is 17.4 Å². The summed E-state index contributed by atoms with van der Waals surface area (Å²) in [5.41, 5.74) is 1.74. The first-order valence-corrected chi connectivity index (χ1v) is 7.94. The first kappa shape index (κ1) is 15.6. The van der Waals surface area contributed by atoms with Crippen molar-refractivity contribution in [3.63, 3.8) is 0 Å². The Morgan fingerprint density at radius 1 is 1.11 bits per heavy atom. The third-order valence-corrected chi connectivity index (χ3v) is 4.57. The fourth-order valence-electron chi connectivity index (χ4n) is 1.67. The molecule has 2 unspecified atom stereocenters. The van der Waals surface area contributed by atoms with E-state index in [1.54, 1.807) is 11.8 Å². The van der Waals surface area contributed by atoms with E-state index in [2.05, 4.69) is 70.5 Å². The van der Waals surface area contributed by atoms with Crippen LogP contribution < -0.4 is 5.32 Å². The van der Waals surface area contributed by atoms with Gasteiger partial charge in [-0.15, -0.1) is 11.8 Å². The van der Waals surface area contributed by atoms with Crippen LogP contribution in [-0.2, 0) is 0 Å². The van der Waals surface area contributed by atoms with Gasteiger partial charge in [-0.05, 0) is 48.8 Å². The van der Waals surface area contributed by atoms with E-state index in [-0.39, 0.29) is 0 Å². The molecule has 0 fully saturated rings. The molecule has 102 valence electrons. The summed E-state index contributed by atoms with van der Waals surface area (Å²) in [4.78, 5) is 1.33. The average molecular weight is 265 g/mol. The van der Waals surface area contributed by atoms with Gasteiger partial charge in [-0.2, -0.15) is 0 Å². The van der Waals surface area contributed by atoms with Gasteiger partial charge < -0.3 is 5.32 Å². The summed E-state index contributed by atoms with van der Waals surface area (Å²) in [5, 5.41) is 3.64. The van der Waals surface area contributed by atoms with Crippen LogP contribution in [0.15, 0.2) is 29.2 Å². The molecule has 0 saturated heterocycles. The predicted molar refractivity (Wildman–Crippen MR) is 83.3 cm³/mol. The Labute approximate surface area is 117 Å². The zero-order valence-electron chi connectivity index (χ0n) is 12.6. The van der Waals surface area contributed by atoms with Crippen LogP contribution >= 0.6 is 11.8 Å². The van der Waals surface area contributed by atoms with Crippen molar-refractivity contribution in [1.82, 2.24) is 5.32 Å². The van der Waals surface area contributed by atoms with E-state index in [1.807, 2.05) is 0 Å². The first-order valence-electron chi connectivity index (χ1n) is 6.72. The zero-order chi connectivity index (χ0) is 13.8. The van der Waals surface area contributed by atoms with Crippen LogP contribution in [0.3, 0.4) is 0 Å². The number of rotatable bonds is 5. The number of hydrogen-bond donors (Lipinski definition) is 1. The van der Waals surface area contributed by atoms with Gasteiger partial charge in [0.1, 0.15) is 0 Å². The maximum absolute atomic E-state index is 3.64. The second kappa shape index (κ2) is 6.63. The zero-order valence-corrected chi connectivity index (χ0v) is 13.4. The Morgan fingerprint density at radius 3 is 2.11 bits per heavy atom. The molecule has 0 spiro atoms. The molecule has 0 aromatic heterocycles. The molecule has 0 bridgehead atoms. The van der Waals surface area contributed by atoms with E-state index in [1.165, 1.54) is 10.5 Å². The molecule has 0 aliphatic heterocycles. The van der Waals surface area contributed by atoms with Crippen molar-refractivity contribution in [3.05, 3.63) is 29.8 Å². The van der Waals surface area contributed by atoms with Gasteiger partial charge in [0.05, 0.1) is 0 Å². The molecule has 0 amide bonds. The third kappa shape index (κ3) is 4.66. The van der Waals surface area contributed by atoms with Crippen molar-refractivity contribution in [2.45, 2.75) is 45.6 Å². The fourth-order valence-corrected chi connectivity index (χ4v) is 2.08. The highest BCUT2D eigenvalue weighted by Crippen LogP contribution is 2.25. The largest absolute Gasteiger partial charge is 0.310 e. The lowest BCUT2D eigenvalue weighted by Crippen LogP contribution is -2.31. The summed E-state index contributed by atoms with van der Waals surface area (Å²) >= 11 is 1.79. The molecule has 18 heavy (non-hydrogen) atoms. The van der Waals surface area contributed by atoms with Crippen molar-refractivity contribution >= 4 is 11.8 Å². The van der Waals surface area contributed by atoms with Crippen LogP contribution in [0.2, 0.25) is 0 Å². The Morgan fingerprint density at radius 2 is 1.67 bits per heavy atom. The van der Waals surface area contributed by atoms with Crippen LogP contribution in [0, 0.1) is 11.3 Å². The summed E-state index contributed by atoms with van der Waals surface area (Å²) in [7, 11) is 0. The molecule has 1 N–H and O–H groups in total. The first-order chi connectivity index (χ1) is 8.34. The normalized spacial score (nSPS) is 15.4. The van der Waals surface area contributed by atoms with Crippen LogP contribution in [0.4, 0.5) is 0 Å². The minimum absolute atomic E-state index is 0.370. The standard InChI is InChI=1S/C16H27NS/c1-12(16(3,4)5)11-17-13(2)14-7-9-15(18-6)10-8-14/h7-10,12-13,17H,11H2,1-6H3. The van der Waals surface area contributed by atoms with Gasteiger partial charge in [0.15, 0.2) is 0 Å². The SMILES string of the molecule is CSc1ccc(C(C)NCC(C)C(C)(C)C)cc1. The molecule has 0 saturated carbocycles. The smallest absolute Gasteiger partial charge is 0.0291 e. The van der Waals surface area contributed by atoms with E-state index in [9.17, 15) is 0 Å². The molecule has 0 aliphatic rings. The quantitative estimate of drug-likeness (QED) is 0.772. The Hall–Kier alpha value is -0.470. The molecule has 2 atom stereocenters. The monoisotopic (exact) mass is 265 g/mol. The van der Waals surface area contributed by atoms with Crippen LogP contribution in [0.25, 0.3) is 0 Å². The lowest BCUT2D eigenvalue weighted by Gasteiger charge is -2.29. The molecular weight excluding hydrogens is 238 g/mol. The molecule has 0 radical (unpaired) electrons. The Kier molecular flexibility index (Phi) is 5.74. The van der Waals surface area contributed by atoms with Gasteiger partial charge in [0.25, 0.3) is 0 Å². The molecule has 1 nitrogen and oxygen atoms in total. The van der Waals surface area contributed by atoms with Gasteiger partial charge >= 0.3 is 0 Å². The van der Waals surface area contributed by atoms with Crippen molar-refractivity contribution < 1.29 is 0 Å². The molecule has 2 heteroatoms. The van der Waals surface area contributed by atoms with Gasteiger partial charge in [-0.25, -0.2) is 0 Å². The van der Waals surface area contributed by atoms with E-state index in [4.69, 9.17) is 0 Å². The lowest BCUT2D eigenvalue weighted by molar-refractivity contribution is 0.247. The second-order valence-corrected chi connectivity index (χ2v) is 7.05. The molecule has 1 rings (SSSR count). The minimum atomic E-state index is 0.370. The molecular formula is C16H27NS. The van der Waals surface area contributed by atoms with Crippen molar-refractivity contribution in [1.29, 1.82) is 0 Å². The summed E-state index contributed by atoms with van der Waals surface area (Å²) in [5.74, 6) is 0.672. The predicted octanol–water partition coefficient (Wildman–Crippen LogP) is 4.74. The van der Waals surface area contributed by atoms with Crippen LogP contribution in [0.5, 0.6) is 0 Å². The summed E-state index contributed by atoms with van der Waals surface area (Å²) < 4.78 is 0. The highest BCUT2D eigenvalue weighted by Gasteiger charge is 2.20. The number of thioether (sulfide) groups is 1. The molecule has 1 aromatic carbocycles. The Bertz CT molecular complexity index is 350. The molecule has 1 aromatic rings. The number of hydrogen-bond acceptors (Lipinski definition) is 2. The highest BCUT2D eigenvalue weighted by molar-refractivity contribution is 7.98. The van der Waals surface area contributed by atoms with Gasteiger partial charge in [-0.3, -0.25) is 0 Å². The highest BCUT2D eigenvalue weighted by atomic mass is 32.2. The minimum Gasteiger partial charge on any atom is -0.310 e. The second-order valence-electron chi connectivity index (χ2n) is 6.17. The maximum atomic E-state index is 3.64. The van der Waals surface area contributed by atoms with Crippen LogP contribution in [0.1, 0.15) is 46.2 Å². The van der Waals surface area contributed by atoms with Crippen molar-refractivity contribution in [2.24, 2.45) is 11.3 Å². The third-order valence-electron chi connectivity index (χ3n) is 3.82. The van der Waals surface area contributed by atoms with E-state index in [0.717, 1.165) is 6.54 Å². The molecule has 0 heterocycles. The fraction of sp³-hybridized carbons (Fsp3) is 0.625. The van der Waals surface area contributed by atoms with Crippen LogP contribution in [-0.4, -0.2) is 12.8 Å². The van der Waals surface area contributed by atoms with Crippen molar-refractivity contribution in [3.8, 4) is 0 Å². The number of nitrogens with one attached hydrogen (secondary N) is 1. The lowest BCUT2D eigenvalue weighted by atomic mass is 9.82. The average Bonchev–Trinajstić information content (AvgIpc) is 2.34. The summed E-state index contributed by atoms with van der Waals surface area (Å²) in [6.45, 7) is 12.5. The van der Waals surface area contributed by atoms with Gasteiger partial charge in [0.2, 0.25) is 0 Å².